The Bertz CT molecular complexity index is 1050. The van der Waals surface area contributed by atoms with Gasteiger partial charge in [0, 0.05) is 25.2 Å². The minimum Gasteiger partial charge on any atom is -0.444 e. The Morgan fingerprint density at radius 3 is 2.55 bits per heavy atom. The summed E-state index contributed by atoms with van der Waals surface area (Å²) < 4.78 is 7.62. The normalized spacial score (nSPS) is 20.4. The van der Waals surface area contributed by atoms with Crippen molar-refractivity contribution >= 4 is 28.5 Å². The molecule has 0 aliphatic carbocycles. The van der Waals surface area contributed by atoms with Gasteiger partial charge in [-0.1, -0.05) is 0 Å². The molecule has 1 atom stereocenters. The van der Waals surface area contributed by atoms with E-state index in [4.69, 9.17) is 9.72 Å². The summed E-state index contributed by atoms with van der Waals surface area (Å²) in [6, 6.07) is 3.62. The maximum Gasteiger partial charge on any atom is 0.407 e. The maximum atomic E-state index is 12.2. The average molecular weight is 459 g/mol. The number of alkyl carbamates (subject to hydrolysis) is 1. The molecule has 0 radical (unpaired) electrons. The molecule has 1 aromatic heterocycles. The smallest absolute Gasteiger partial charge is 0.407 e. The van der Waals surface area contributed by atoms with Crippen LogP contribution >= 0.6 is 0 Å². The van der Waals surface area contributed by atoms with Gasteiger partial charge in [0.25, 0.3) is 5.69 Å². The van der Waals surface area contributed by atoms with Crippen LogP contribution < -0.4 is 10.2 Å². The Morgan fingerprint density at radius 1 is 1.21 bits per heavy atom. The first-order valence-corrected chi connectivity index (χ1v) is 11.6. The predicted octanol–water partition coefficient (Wildman–Crippen LogP) is 3.62. The Labute approximate surface area is 194 Å². The number of amides is 1. The number of nitrogens with zero attached hydrogens (tertiary/aromatic N) is 5. The van der Waals surface area contributed by atoms with Gasteiger partial charge in [-0.15, -0.1) is 0 Å². The summed E-state index contributed by atoms with van der Waals surface area (Å²) in [5.41, 5.74) is 1.62. The molecule has 4 rings (SSSR count). The van der Waals surface area contributed by atoms with Gasteiger partial charge in [-0.25, -0.2) is 9.78 Å². The number of carbonyl (C=O) groups excluding carboxylic acids is 1. The lowest BCUT2D eigenvalue weighted by molar-refractivity contribution is -0.384. The number of carbonyl (C=O) groups is 1. The second-order valence-corrected chi connectivity index (χ2v) is 10.2. The van der Waals surface area contributed by atoms with Crippen molar-refractivity contribution in [2.24, 2.45) is 0 Å². The highest BCUT2D eigenvalue weighted by atomic mass is 16.6. The van der Waals surface area contributed by atoms with E-state index in [2.05, 4.69) is 21.8 Å². The van der Waals surface area contributed by atoms with Crippen LogP contribution in [-0.2, 0) is 4.74 Å². The topological polar surface area (TPSA) is 106 Å². The molecule has 0 spiro atoms. The largest absolute Gasteiger partial charge is 0.444 e. The number of aromatic nitrogens is 2. The van der Waals surface area contributed by atoms with Gasteiger partial charge in [-0.05, 0) is 73.2 Å². The number of anilines is 1. The number of likely N-dealkylation sites (tertiary alicyclic amines) is 1. The van der Waals surface area contributed by atoms with Crippen LogP contribution in [0.2, 0.25) is 0 Å². The van der Waals surface area contributed by atoms with Crippen molar-refractivity contribution < 1.29 is 14.5 Å². The lowest BCUT2D eigenvalue weighted by atomic mass is 10.0. The highest BCUT2D eigenvalue weighted by Gasteiger charge is 2.33. The zero-order valence-corrected chi connectivity index (χ0v) is 20.1. The van der Waals surface area contributed by atoms with Crippen LogP contribution in [-0.4, -0.2) is 70.3 Å². The average Bonchev–Trinajstić information content (AvgIpc) is 3.29. The molecule has 33 heavy (non-hydrogen) atoms. The van der Waals surface area contributed by atoms with Gasteiger partial charge in [0.05, 0.1) is 16.5 Å². The van der Waals surface area contributed by atoms with Gasteiger partial charge < -0.3 is 24.4 Å². The number of piperidine rings is 1. The van der Waals surface area contributed by atoms with E-state index >= 15 is 0 Å². The van der Waals surface area contributed by atoms with Crippen LogP contribution in [0.1, 0.15) is 51.9 Å². The van der Waals surface area contributed by atoms with E-state index in [1.165, 1.54) is 0 Å². The standard InChI is InChI=1S/C23H34N6O4/c1-15-24-20-18(28(15)17-9-11-26(5)12-10-17)6-7-19(29(31)32)21(20)27-13-8-16(14-27)25-22(30)33-23(2,3)4/h6-7,16-17H,8-14H2,1-5H3,(H,25,30)/t16-/m0/s1. The summed E-state index contributed by atoms with van der Waals surface area (Å²) in [5.74, 6) is 0.879. The van der Waals surface area contributed by atoms with Gasteiger partial charge in [0.1, 0.15) is 22.6 Å². The number of rotatable bonds is 4. The monoisotopic (exact) mass is 458 g/mol. The second-order valence-electron chi connectivity index (χ2n) is 10.2. The van der Waals surface area contributed by atoms with Crippen molar-refractivity contribution in [2.45, 2.75) is 64.6 Å². The van der Waals surface area contributed by atoms with Crippen molar-refractivity contribution in [3.63, 3.8) is 0 Å². The zero-order valence-electron chi connectivity index (χ0n) is 20.1. The first-order valence-electron chi connectivity index (χ1n) is 11.6. The molecule has 0 bridgehead atoms. The van der Waals surface area contributed by atoms with Crippen LogP contribution in [0.3, 0.4) is 0 Å². The van der Waals surface area contributed by atoms with Crippen LogP contribution in [0.15, 0.2) is 12.1 Å². The maximum absolute atomic E-state index is 12.2. The molecule has 2 aromatic rings. The van der Waals surface area contributed by atoms with Crippen LogP contribution in [0.5, 0.6) is 0 Å². The Balaban J connectivity index is 1.64. The summed E-state index contributed by atoms with van der Waals surface area (Å²) >= 11 is 0. The molecule has 180 valence electrons. The van der Waals surface area contributed by atoms with E-state index in [-0.39, 0.29) is 16.7 Å². The van der Waals surface area contributed by atoms with Crippen molar-refractivity contribution in [2.75, 3.05) is 38.1 Å². The van der Waals surface area contributed by atoms with Crippen molar-refractivity contribution in [3.05, 3.63) is 28.1 Å². The van der Waals surface area contributed by atoms with Crippen LogP contribution in [0.4, 0.5) is 16.2 Å². The third kappa shape index (κ3) is 4.90. The number of nitro groups is 1. The predicted molar refractivity (Wildman–Crippen MR) is 127 cm³/mol. The number of benzene rings is 1. The minimum atomic E-state index is -0.578. The van der Waals surface area contributed by atoms with Gasteiger partial charge in [-0.2, -0.15) is 0 Å². The fourth-order valence-electron chi connectivity index (χ4n) is 4.98. The third-order valence-corrected chi connectivity index (χ3v) is 6.47. The van der Waals surface area contributed by atoms with Gasteiger partial charge in [-0.3, -0.25) is 10.1 Å². The van der Waals surface area contributed by atoms with Crippen LogP contribution in [0.25, 0.3) is 11.0 Å². The number of ether oxygens (including phenoxy) is 1. The number of hydrogen-bond acceptors (Lipinski definition) is 7. The molecule has 2 fully saturated rings. The highest BCUT2D eigenvalue weighted by Crippen LogP contribution is 2.39. The van der Waals surface area contributed by atoms with Crippen molar-refractivity contribution in [1.29, 1.82) is 0 Å². The number of nitrogens with one attached hydrogen (secondary N) is 1. The number of aryl methyl sites for hydroxylation is 1. The van der Waals surface area contributed by atoms with Gasteiger partial charge in [0.15, 0.2) is 0 Å². The molecule has 0 unspecified atom stereocenters. The first-order chi connectivity index (χ1) is 15.5. The van der Waals surface area contributed by atoms with Gasteiger partial charge in [0.2, 0.25) is 0 Å². The molecule has 1 amide bonds. The molecular weight excluding hydrogens is 424 g/mol. The summed E-state index contributed by atoms with van der Waals surface area (Å²) in [7, 11) is 2.13. The van der Waals surface area contributed by atoms with E-state index in [9.17, 15) is 14.9 Å². The number of fused-ring (bicyclic) bond motifs is 1. The zero-order chi connectivity index (χ0) is 23.9. The summed E-state index contributed by atoms with van der Waals surface area (Å²) in [5, 5.41) is 14.8. The highest BCUT2D eigenvalue weighted by molar-refractivity contribution is 5.95. The number of imidazole rings is 1. The Kier molecular flexibility index (Phi) is 6.22. The molecule has 1 N–H and O–H groups in total. The summed E-state index contributed by atoms with van der Waals surface area (Å²) in [6.45, 7) is 10.5. The first kappa shape index (κ1) is 23.3. The molecule has 2 aliphatic rings. The minimum absolute atomic E-state index is 0.0495. The molecule has 2 aliphatic heterocycles. The van der Waals surface area contributed by atoms with Crippen molar-refractivity contribution in [3.8, 4) is 0 Å². The van der Waals surface area contributed by atoms with E-state index in [1.54, 1.807) is 6.07 Å². The number of hydrogen-bond donors (Lipinski definition) is 1. The second kappa shape index (κ2) is 8.81. The lowest BCUT2D eigenvalue weighted by Gasteiger charge is -2.31. The third-order valence-electron chi connectivity index (χ3n) is 6.47. The summed E-state index contributed by atoms with van der Waals surface area (Å²) in [4.78, 5) is 32.9. The SMILES string of the molecule is Cc1nc2c(N3CC[C@H](NC(=O)OC(C)(C)C)C3)c([N+](=O)[O-])ccc2n1C1CCN(C)CC1. The molecule has 1 aromatic carbocycles. The fraction of sp³-hybridized carbons (Fsp3) is 0.652. The van der Waals surface area contributed by atoms with E-state index in [0.717, 1.165) is 37.3 Å². The molecule has 2 saturated heterocycles. The fourth-order valence-corrected chi connectivity index (χ4v) is 4.98. The number of nitro benzene ring substituents is 1. The molecule has 0 saturated carbocycles. The van der Waals surface area contributed by atoms with Gasteiger partial charge >= 0.3 is 6.09 Å². The van der Waals surface area contributed by atoms with E-state index in [0.29, 0.717) is 36.8 Å². The Hall–Kier alpha value is -2.88. The van der Waals surface area contributed by atoms with E-state index < -0.39 is 11.7 Å². The molecule has 3 heterocycles. The van der Waals surface area contributed by atoms with E-state index in [1.807, 2.05) is 38.7 Å². The molecule has 10 nitrogen and oxygen atoms in total. The molecule has 10 heteroatoms. The van der Waals surface area contributed by atoms with Crippen LogP contribution in [0, 0.1) is 17.0 Å². The quantitative estimate of drug-likeness (QED) is 0.551. The summed E-state index contributed by atoms with van der Waals surface area (Å²) in [6.07, 6.45) is 2.27. The van der Waals surface area contributed by atoms with Crippen molar-refractivity contribution in [1.82, 2.24) is 19.8 Å². The molecular formula is C23H34N6O4. The Morgan fingerprint density at radius 2 is 1.91 bits per heavy atom. The lowest BCUT2D eigenvalue weighted by Crippen LogP contribution is -2.40.